The molecule has 0 saturated heterocycles. The number of hydrogen-bond acceptors (Lipinski definition) is 1. The maximum absolute atomic E-state index is 12.8. The summed E-state index contributed by atoms with van der Waals surface area (Å²) in [5.74, 6) is -0.336. The molecule has 1 amide bonds. The predicted octanol–water partition coefficient (Wildman–Crippen LogP) is 2.31. The van der Waals surface area contributed by atoms with Gasteiger partial charge in [-0.25, -0.2) is 4.39 Å². The van der Waals surface area contributed by atoms with Crippen LogP contribution in [0.5, 0.6) is 0 Å². The number of amides is 1. The summed E-state index contributed by atoms with van der Waals surface area (Å²) >= 11 is 2.06. The topological polar surface area (TPSA) is 29.1 Å². The Bertz CT molecular complexity index is 314. The molecule has 0 aliphatic rings. The fraction of sp³-hybridized carbons (Fsp3) is 0.125. The van der Waals surface area contributed by atoms with E-state index in [4.69, 9.17) is 0 Å². The summed E-state index contributed by atoms with van der Waals surface area (Å²) in [7, 11) is 0. The van der Waals surface area contributed by atoms with Crippen LogP contribution in [0, 0.1) is 16.3 Å². The van der Waals surface area contributed by atoms with E-state index in [1.54, 1.807) is 6.92 Å². The normalized spacial score (nSPS) is 9.58. The Morgan fingerprint density at radius 1 is 1.58 bits per heavy atom. The second-order valence-electron chi connectivity index (χ2n) is 2.35. The molecule has 0 unspecified atom stereocenters. The lowest BCUT2D eigenvalue weighted by Gasteiger charge is -2.05. The molecule has 0 bridgehead atoms. The lowest BCUT2D eigenvalue weighted by molar-refractivity contribution is -0.105. The molecule has 1 aromatic rings. The first-order valence-corrected chi connectivity index (χ1v) is 4.39. The highest BCUT2D eigenvalue weighted by atomic mass is 127. The number of halogens is 2. The largest absolute Gasteiger partial charge is 0.328 e. The number of rotatable bonds is 2. The van der Waals surface area contributed by atoms with Gasteiger partial charge in [0.15, 0.2) is 0 Å². The van der Waals surface area contributed by atoms with Gasteiger partial charge >= 0.3 is 0 Å². The summed E-state index contributed by atoms with van der Waals surface area (Å²) < 4.78 is 13.6. The highest BCUT2D eigenvalue weighted by Gasteiger charge is 2.04. The van der Waals surface area contributed by atoms with Crippen molar-refractivity contribution in [1.82, 2.24) is 0 Å². The Morgan fingerprint density at radius 2 is 2.25 bits per heavy atom. The molecule has 12 heavy (non-hydrogen) atoms. The summed E-state index contributed by atoms with van der Waals surface area (Å²) in [4.78, 5) is 10.1. The van der Waals surface area contributed by atoms with Crippen LogP contribution in [0.25, 0.3) is 0 Å². The van der Waals surface area contributed by atoms with E-state index in [9.17, 15) is 9.18 Å². The quantitative estimate of drug-likeness (QED) is 0.653. The molecular formula is C8H7FINO. The van der Waals surface area contributed by atoms with Gasteiger partial charge in [0.1, 0.15) is 5.82 Å². The van der Waals surface area contributed by atoms with Gasteiger partial charge in [-0.15, -0.1) is 0 Å². The SMILES string of the molecule is Cc1cc(F)cc(NC=O)c1I. The molecule has 0 fully saturated rings. The minimum Gasteiger partial charge on any atom is -0.328 e. The van der Waals surface area contributed by atoms with Crippen molar-refractivity contribution in [1.29, 1.82) is 0 Å². The smallest absolute Gasteiger partial charge is 0.211 e. The Labute approximate surface area is 83.3 Å². The molecule has 1 aromatic carbocycles. The average Bonchev–Trinajstić information content (AvgIpc) is 2.00. The van der Waals surface area contributed by atoms with Gasteiger partial charge in [0.25, 0.3) is 0 Å². The zero-order valence-corrected chi connectivity index (χ0v) is 8.55. The van der Waals surface area contributed by atoms with E-state index >= 15 is 0 Å². The van der Waals surface area contributed by atoms with E-state index in [2.05, 4.69) is 27.9 Å². The number of benzene rings is 1. The van der Waals surface area contributed by atoms with Crippen molar-refractivity contribution in [3.8, 4) is 0 Å². The Morgan fingerprint density at radius 3 is 2.83 bits per heavy atom. The zero-order valence-electron chi connectivity index (χ0n) is 6.40. The van der Waals surface area contributed by atoms with Crippen molar-refractivity contribution in [2.45, 2.75) is 6.92 Å². The summed E-state index contributed by atoms with van der Waals surface area (Å²) in [6, 6.07) is 2.72. The summed E-state index contributed by atoms with van der Waals surface area (Å²) in [5.41, 5.74) is 1.34. The lowest BCUT2D eigenvalue weighted by atomic mass is 10.2. The Hall–Kier alpha value is -0.650. The molecule has 2 nitrogen and oxygen atoms in total. The maximum Gasteiger partial charge on any atom is 0.211 e. The van der Waals surface area contributed by atoms with Gasteiger partial charge in [-0.05, 0) is 47.2 Å². The number of anilines is 1. The average molecular weight is 279 g/mol. The number of hydrogen-bond donors (Lipinski definition) is 1. The molecule has 0 radical (unpaired) electrons. The first-order chi connectivity index (χ1) is 5.65. The molecule has 0 atom stereocenters. The zero-order chi connectivity index (χ0) is 9.14. The summed E-state index contributed by atoms with van der Waals surface area (Å²) in [5, 5.41) is 2.43. The van der Waals surface area contributed by atoms with Crippen LogP contribution in [0.1, 0.15) is 5.56 Å². The molecule has 0 aliphatic carbocycles. The van der Waals surface area contributed by atoms with Crippen molar-refractivity contribution in [3.05, 3.63) is 27.1 Å². The van der Waals surface area contributed by atoms with Crippen LogP contribution in [0.3, 0.4) is 0 Å². The van der Waals surface area contributed by atoms with Gasteiger partial charge in [-0.1, -0.05) is 0 Å². The third kappa shape index (κ3) is 1.94. The minimum atomic E-state index is -0.336. The molecule has 0 spiro atoms. The van der Waals surface area contributed by atoms with Gasteiger partial charge in [0.05, 0.1) is 5.69 Å². The molecule has 1 rings (SSSR count). The second-order valence-corrected chi connectivity index (χ2v) is 3.43. The van der Waals surface area contributed by atoms with Crippen molar-refractivity contribution >= 4 is 34.7 Å². The fourth-order valence-corrected chi connectivity index (χ4v) is 1.36. The summed E-state index contributed by atoms with van der Waals surface area (Å²) in [6.45, 7) is 1.79. The Balaban J connectivity index is 3.17. The van der Waals surface area contributed by atoms with Gasteiger partial charge in [-0.3, -0.25) is 4.79 Å². The van der Waals surface area contributed by atoms with Crippen LogP contribution in [0.2, 0.25) is 0 Å². The van der Waals surface area contributed by atoms with Crippen molar-refractivity contribution < 1.29 is 9.18 Å². The van der Waals surface area contributed by atoms with E-state index in [0.717, 1.165) is 9.13 Å². The first kappa shape index (κ1) is 9.44. The fourth-order valence-electron chi connectivity index (χ4n) is 0.894. The minimum absolute atomic E-state index is 0.336. The standard InChI is InChI=1S/C8H7FINO/c1-5-2-6(9)3-7(8(5)10)11-4-12/h2-4H,1H3,(H,11,12). The van der Waals surface area contributed by atoms with E-state index in [1.165, 1.54) is 12.1 Å². The first-order valence-electron chi connectivity index (χ1n) is 3.31. The van der Waals surface area contributed by atoms with Gasteiger partial charge in [0, 0.05) is 3.57 Å². The van der Waals surface area contributed by atoms with Crippen LogP contribution in [-0.2, 0) is 4.79 Å². The maximum atomic E-state index is 12.8. The van der Waals surface area contributed by atoms with E-state index in [1.807, 2.05) is 0 Å². The van der Waals surface area contributed by atoms with Gasteiger partial charge in [0.2, 0.25) is 6.41 Å². The highest BCUT2D eigenvalue weighted by molar-refractivity contribution is 14.1. The van der Waals surface area contributed by atoms with Crippen molar-refractivity contribution in [2.75, 3.05) is 5.32 Å². The van der Waals surface area contributed by atoms with Crippen molar-refractivity contribution in [2.24, 2.45) is 0 Å². The van der Waals surface area contributed by atoms with E-state index in [-0.39, 0.29) is 5.82 Å². The number of carbonyl (C=O) groups is 1. The van der Waals surface area contributed by atoms with E-state index < -0.39 is 0 Å². The summed E-state index contributed by atoms with van der Waals surface area (Å²) in [6.07, 6.45) is 0.538. The number of aryl methyl sites for hydroxylation is 1. The molecule has 64 valence electrons. The molecule has 4 heteroatoms. The van der Waals surface area contributed by atoms with Gasteiger partial charge < -0.3 is 5.32 Å². The highest BCUT2D eigenvalue weighted by Crippen LogP contribution is 2.22. The molecule has 0 aliphatic heterocycles. The molecule has 0 aromatic heterocycles. The van der Waals surface area contributed by atoms with Crippen LogP contribution in [0.4, 0.5) is 10.1 Å². The molecular weight excluding hydrogens is 272 g/mol. The van der Waals surface area contributed by atoms with Crippen LogP contribution in [0.15, 0.2) is 12.1 Å². The predicted molar refractivity (Wildman–Crippen MR) is 53.5 cm³/mol. The van der Waals surface area contributed by atoms with E-state index in [0.29, 0.717) is 12.1 Å². The van der Waals surface area contributed by atoms with Crippen LogP contribution in [-0.4, -0.2) is 6.41 Å². The second kappa shape index (κ2) is 3.84. The third-order valence-corrected chi connectivity index (χ3v) is 2.87. The molecule has 0 heterocycles. The third-order valence-electron chi connectivity index (χ3n) is 1.43. The van der Waals surface area contributed by atoms with Crippen LogP contribution >= 0.6 is 22.6 Å². The van der Waals surface area contributed by atoms with Gasteiger partial charge in [-0.2, -0.15) is 0 Å². The lowest BCUT2D eigenvalue weighted by Crippen LogP contribution is -1.98. The number of carbonyl (C=O) groups excluding carboxylic acids is 1. The Kier molecular flexibility index (Phi) is 3.02. The van der Waals surface area contributed by atoms with Crippen molar-refractivity contribution in [3.63, 3.8) is 0 Å². The van der Waals surface area contributed by atoms with Crippen LogP contribution < -0.4 is 5.32 Å². The molecule has 0 saturated carbocycles. The monoisotopic (exact) mass is 279 g/mol. The molecule has 1 N–H and O–H groups in total. The number of nitrogens with one attached hydrogen (secondary N) is 1.